The Labute approximate surface area is 194 Å². The molecule has 0 unspecified atom stereocenters. The van der Waals surface area contributed by atoms with Crippen LogP contribution in [0.5, 0.6) is 0 Å². The molecule has 0 amide bonds. The zero-order chi connectivity index (χ0) is 22.8. The molecule has 0 aliphatic heterocycles. The Balaban J connectivity index is 3.22. The maximum absolute atomic E-state index is 10.4. The van der Waals surface area contributed by atoms with E-state index in [1.165, 1.54) is 108 Å². The smallest absolute Gasteiger partial charge is 0.303 e. The highest BCUT2D eigenvalue weighted by Crippen LogP contribution is 2.17. The van der Waals surface area contributed by atoms with Gasteiger partial charge in [0.05, 0.1) is 0 Å². The Hall–Kier alpha value is -1.31. The summed E-state index contributed by atoms with van der Waals surface area (Å²) in [5, 5.41) is 8.57. The van der Waals surface area contributed by atoms with Gasteiger partial charge in [0.15, 0.2) is 0 Å². The molecule has 0 aromatic carbocycles. The molecule has 31 heavy (non-hydrogen) atoms. The number of aliphatic carboxylic acids is 1. The summed E-state index contributed by atoms with van der Waals surface area (Å²) in [7, 11) is 0. The Kier molecular flexibility index (Phi) is 23.9. The number of hydrogen-bond acceptors (Lipinski definition) is 1. The third-order valence-corrected chi connectivity index (χ3v) is 5.88. The Morgan fingerprint density at radius 3 is 1.52 bits per heavy atom. The Bertz CT molecular complexity index is 461. The molecule has 0 aliphatic rings. The van der Waals surface area contributed by atoms with E-state index in [0.29, 0.717) is 0 Å². The van der Waals surface area contributed by atoms with Crippen LogP contribution in [-0.4, -0.2) is 11.1 Å². The average Bonchev–Trinajstić information content (AvgIpc) is 2.75. The summed E-state index contributed by atoms with van der Waals surface area (Å²) in [5.41, 5.74) is 1.48. The number of carboxylic acid groups (broad SMARTS) is 1. The van der Waals surface area contributed by atoms with Crippen LogP contribution in [0.4, 0.5) is 0 Å². The molecule has 0 saturated heterocycles. The van der Waals surface area contributed by atoms with Gasteiger partial charge in [-0.3, -0.25) is 4.79 Å². The van der Waals surface area contributed by atoms with Gasteiger partial charge >= 0.3 is 5.97 Å². The number of carbonyl (C=O) groups is 1. The van der Waals surface area contributed by atoms with Crippen molar-refractivity contribution in [1.82, 2.24) is 0 Å². The molecule has 0 rings (SSSR count). The second-order valence-corrected chi connectivity index (χ2v) is 9.09. The van der Waals surface area contributed by atoms with E-state index < -0.39 is 5.97 Å². The van der Waals surface area contributed by atoms with Crippen LogP contribution in [-0.2, 0) is 4.79 Å². The molecule has 0 saturated carbocycles. The molecule has 2 heteroatoms. The lowest BCUT2D eigenvalue weighted by Crippen LogP contribution is -1.92. The van der Waals surface area contributed by atoms with Crippen LogP contribution in [0, 0.1) is 0 Å². The van der Waals surface area contributed by atoms with Gasteiger partial charge in [-0.05, 0) is 64.2 Å². The van der Waals surface area contributed by atoms with E-state index in [4.69, 9.17) is 5.11 Å². The van der Waals surface area contributed by atoms with E-state index in [0.717, 1.165) is 25.7 Å². The van der Waals surface area contributed by atoms with Crippen molar-refractivity contribution in [2.75, 3.05) is 0 Å². The summed E-state index contributed by atoms with van der Waals surface area (Å²) >= 11 is 0. The molecule has 0 spiro atoms. The Morgan fingerprint density at radius 2 is 1.00 bits per heavy atom. The highest BCUT2D eigenvalue weighted by Gasteiger charge is 1.97. The van der Waals surface area contributed by atoms with Crippen molar-refractivity contribution in [3.8, 4) is 0 Å². The maximum atomic E-state index is 10.4. The number of hydrogen-bond donors (Lipinski definition) is 1. The molecular formula is C29H52O2. The molecule has 2 nitrogen and oxygen atoms in total. The van der Waals surface area contributed by atoms with E-state index in [2.05, 4.69) is 37.8 Å². The first-order valence-electron chi connectivity index (χ1n) is 13.3. The van der Waals surface area contributed by atoms with Crippen molar-refractivity contribution in [1.29, 1.82) is 0 Å². The van der Waals surface area contributed by atoms with Gasteiger partial charge in [0, 0.05) is 6.42 Å². The monoisotopic (exact) mass is 432 g/mol. The van der Waals surface area contributed by atoms with Gasteiger partial charge in [0.1, 0.15) is 0 Å². The van der Waals surface area contributed by atoms with Crippen molar-refractivity contribution >= 4 is 5.97 Å². The standard InChI is InChI=1S/C29H52O2/c1-3-4-5-22-25-28(2)26-23-20-18-16-14-12-10-8-6-7-9-11-13-15-17-19-21-24-27-29(30)31/h9,11,17,19H,2-8,10,12-16,18,20-27H2,1H3,(H,30,31). The van der Waals surface area contributed by atoms with Crippen LogP contribution in [0.15, 0.2) is 36.5 Å². The normalized spacial score (nSPS) is 11.6. The molecule has 0 radical (unpaired) electrons. The lowest BCUT2D eigenvalue weighted by molar-refractivity contribution is -0.137. The molecule has 0 aromatic heterocycles. The minimum atomic E-state index is -0.697. The summed E-state index contributed by atoms with van der Waals surface area (Å²) in [6.07, 6.45) is 34.6. The van der Waals surface area contributed by atoms with E-state index in [-0.39, 0.29) is 6.42 Å². The van der Waals surface area contributed by atoms with Crippen LogP contribution in [0.2, 0.25) is 0 Å². The fourth-order valence-electron chi connectivity index (χ4n) is 3.84. The van der Waals surface area contributed by atoms with Crippen molar-refractivity contribution in [3.05, 3.63) is 36.5 Å². The third-order valence-electron chi connectivity index (χ3n) is 5.88. The third kappa shape index (κ3) is 26.7. The van der Waals surface area contributed by atoms with E-state index in [9.17, 15) is 4.79 Å². The fraction of sp³-hybridized carbons (Fsp3) is 0.759. The van der Waals surface area contributed by atoms with Gasteiger partial charge in [-0.1, -0.05) is 108 Å². The molecule has 0 aliphatic carbocycles. The first-order chi connectivity index (χ1) is 15.2. The van der Waals surface area contributed by atoms with Crippen molar-refractivity contribution in [2.45, 2.75) is 142 Å². The number of allylic oxidation sites excluding steroid dienone is 5. The number of carboxylic acids is 1. The summed E-state index contributed by atoms with van der Waals surface area (Å²) in [6.45, 7) is 6.52. The van der Waals surface area contributed by atoms with Crippen LogP contribution < -0.4 is 0 Å². The number of unbranched alkanes of at least 4 members (excludes halogenated alkanes) is 14. The van der Waals surface area contributed by atoms with Gasteiger partial charge in [0.2, 0.25) is 0 Å². The minimum absolute atomic E-state index is 0.278. The van der Waals surface area contributed by atoms with Gasteiger partial charge in [-0.2, -0.15) is 0 Å². The molecule has 0 atom stereocenters. The molecule has 0 fully saturated rings. The largest absolute Gasteiger partial charge is 0.481 e. The van der Waals surface area contributed by atoms with E-state index in [1.807, 2.05) is 0 Å². The lowest BCUT2D eigenvalue weighted by Gasteiger charge is -2.06. The summed E-state index contributed by atoms with van der Waals surface area (Å²) < 4.78 is 0. The molecule has 0 heterocycles. The predicted octanol–water partition coefficient (Wildman–Crippen LogP) is 9.95. The second kappa shape index (κ2) is 25.0. The van der Waals surface area contributed by atoms with E-state index in [1.54, 1.807) is 0 Å². The summed E-state index contributed by atoms with van der Waals surface area (Å²) in [6, 6.07) is 0. The van der Waals surface area contributed by atoms with Crippen LogP contribution in [0.1, 0.15) is 142 Å². The second-order valence-electron chi connectivity index (χ2n) is 9.09. The number of rotatable bonds is 24. The predicted molar refractivity (Wildman–Crippen MR) is 138 cm³/mol. The van der Waals surface area contributed by atoms with Crippen LogP contribution >= 0.6 is 0 Å². The Morgan fingerprint density at radius 1 is 0.581 bits per heavy atom. The van der Waals surface area contributed by atoms with Crippen molar-refractivity contribution in [3.63, 3.8) is 0 Å². The van der Waals surface area contributed by atoms with E-state index >= 15 is 0 Å². The van der Waals surface area contributed by atoms with Gasteiger partial charge in [-0.15, -0.1) is 0 Å². The zero-order valence-corrected chi connectivity index (χ0v) is 20.7. The molecule has 180 valence electrons. The maximum Gasteiger partial charge on any atom is 0.303 e. The highest BCUT2D eigenvalue weighted by atomic mass is 16.4. The summed E-state index contributed by atoms with van der Waals surface area (Å²) in [5.74, 6) is -0.697. The molecule has 1 N–H and O–H groups in total. The molecular weight excluding hydrogens is 380 g/mol. The van der Waals surface area contributed by atoms with Crippen molar-refractivity contribution in [2.24, 2.45) is 0 Å². The lowest BCUT2D eigenvalue weighted by atomic mass is 10.0. The first-order valence-corrected chi connectivity index (χ1v) is 13.3. The van der Waals surface area contributed by atoms with Crippen molar-refractivity contribution < 1.29 is 9.90 Å². The topological polar surface area (TPSA) is 37.3 Å². The highest BCUT2D eigenvalue weighted by molar-refractivity contribution is 5.66. The average molecular weight is 433 g/mol. The first kappa shape index (κ1) is 29.7. The van der Waals surface area contributed by atoms with Gasteiger partial charge < -0.3 is 5.11 Å². The quantitative estimate of drug-likeness (QED) is 0.122. The fourth-order valence-corrected chi connectivity index (χ4v) is 3.84. The molecule has 0 bridgehead atoms. The van der Waals surface area contributed by atoms with Crippen LogP contribution in [0.3, 0.4) is 0 Å². The van der Waals surface area contributed by atoms with Crippen LogP contribution in [0.25, 0.3) is 0 Å². The zero-order valence-electron chi connectivity index (χ0n) is 20.7. The van der Waals surface area contributed by atoms with Gasteiger partial charge in [0.25, 0.3) is 0 Å². The van der Waals surface area contributed by atoms with Gasteiger partial charge in [-0.25, -0.2) is 0 Å². The molecule has 0 aromatic rings. The summed E-state index contributed by atoms with van der Waals surface area (Å²) in [4.78, 5) is 10.4. The minimum Gasteiger partial charge on any atom is -0.481 e. The SMILES string of the molecule is C=C(CCCCCC)CCCCCCCCCCCC=CCCC=CCCCC(=O)O.